The second kappa shape index (κ2) is 6.64. The van der Waals surface area contributed by atoms with E-state index in [0.717, 1.165) is 12.0 Å². The number of hydrogen-bond acceptors (Lipinski definition) is 3. The highest BCUT2D eigenvalue weighted by Gasteiger charge is 2.34. The maximum absolute atomic E-state index is 12.3. The summed E-state index contributed by atoms with van der Waals surface area (Å²) < 4.78 is 5.16. The van der Waals surface area contributed by atoms with Gasteiger partial charge in [0.15, 0.2) is 0 Å². The predicted molar refractivity (Wildman–Crippen MR) is 84.2 cm³/mol. The molecule has 1 heterocycles. The monoisotopic (exact) mass is 302 g/mol. The van der Waals surface area contributed by atoms with Crippen molar-refractivity contribution in [3.8, 4) is 0 Å². The van der Waals surface area contributed by atoms with Crippen LogP contribution in [0.4, 0.5) is 4.79 Å². The molecule has 0 aromatic heterocycles. The second-order valence-corrected chi connectivity index (χ2v) is 5.26. The van der Waals surface area contributed by atoms with Crippen LogP contribution >= 0.6 is 0 Å². The quantitative estimate of drug-likeness (QED) is 0.870. The third-order valence-corrected chi connectivity index (χ3v) is 3.97. The molecule has 1 unspecified atom stereocenters. The first-order chi connectivity index (χ1) is 10.5. The van der Waals surface area contributed by atoms with Crippen molar-refractivity contribution in [2.45, 2.75) is 33.2 Å². The average Bonchev–Trinajstić information content (AvgIpc) is 2.52. The standard InChI is InChI=1S/C17H22N2O3/c1-5-12-7-9-13(10-8-12)15-14(16(20)22-6-2)11(3)19(4)17(21)18-15/h7-10,15H,5-6H2,1-4H3,(H,18,21). The number of carbonyl (C=O) groups is 2. The number of ether oxygens (including phenoxy) is 1. The van der Waals surface area contributed by atoms with E-state index in [9.17, 15) is 9.59 Å². The predicted octanol–water partition coefficient (Wildman–Crippen LogP) is 2.78. The van der Waals surface area contributed by atoms with E-state index in [2.05, 4.69) is 12.2 Å². The highest BCUT2D eigenvalue weighted by molar-refractivity contribution is 5.94. The smallest absolute Gasteiger partial charge is 0.338 e. The molecule has 1 aliphatic rings. The first-order valence-electron chi connectivity index (χ1n) is 7.50. The number of urea groups is 1. The number of esters is 1. The lowest BCUT2D eigenvalue weighted by Gasteiger charge is -2.33. The first kappa shape index (κ1) is 16.1. The molecule has 1 aromatic rings. The zero-order valence-corrected chi connectivity index (χ0v) is 13.5. The van der Waals surface area contributed by atoms with Gasteiger partial charge in [-0.05, 0) is 31.4 Å². The lowest BCUT2D eigenvalue weighted by molar-refractivity contribution is -0.139. The van der Waals surface area contributed by atoms with E-state index < -0.39 is 12.0 Å². The molecule has 1 N–H and O–H groups in total. The molecule has 0 radical (unpaired) electrons. The van der Waals surface area contributed by atoms with Gasteiger partial charge in [0.1, 0.15) is 0 Å². The van der Waals surface area contributed by atoms with Crippen molar-refractivity contribution in [3.05, 3.63) is 46.7 Å². The Labute approximate surface area is 130 Å². The summed E-state index contributed by atoms with van der Waals surface area (Å²) in [6.45, 7) is 5.91. The SMILES string of the molecule is CCOC(=O)C1=C(C)N(C)C(=O)NC1c1ccc(CC)cc1. The molecule has 0 aliphatic carbocycles. The summed E-state index contributed by atoms with van der Waals surface area (Å²) in [5.74, 6) is -0.392. The Morgan fingerprint density at radius 3 is 2.45 bits per heavy atom. The Kier molecular flexibility index (Phi) is 4.85. The van der Waals surface area contributed by atoms with Gasteiger partial charge in [0.2, 0.25) is 0 Å². The van der Waals surface area contributed by atoms with Gasteiger partial charge in [-0.1, -0.05) is 31.2 Å². The van der Waals surface area contributed by atoms with Gasteiger partial charge >= 0.3 is 12.0 Å². The molecule has 22 heavy (non-hydrogen) atoms. The summed E-state index contributed by atoms with van der Waals surface area (Å²) in [6.07, 6.45) is 0.944. The number of benzene rings is 1. The molecule has 0 fully saturated rings. The number of carbonyl (C=O) groups excluding carboxylic acids is 2. The molecule has 1 aliphatic heterocycles. The van der Waals surface area contributed by atoms with Crippen LogP contribution in [-0.2, 0) is 16.0 Å². The third kappa shape index (κ3) is 2.98. The molecule has 5 nitrogen and oxygen atoms in total. The maximum atomic E-state index is 12.3. The Bertz CT molecular complexity index is 605. The molecule has 5 heteroatoms. The molecule has 0 saturated carbocycles. The summed E-state index contributed by atoms with van der Waals surface area (Å²) in [5, 5.41) is 2.87. The topological polar surface area (TPSA) is 58.6 Å². The van der Waals surface area contributed by atoms with Crippen LogP contribution in [-0.4, -0.2) is 30.6 Å². The molecule has 1 atom stereocenters. The molecule has 2 rings (SSSR count). The Hall–Kier alpha value is -2.30. The van der Waals surface area contributed by atoms with Crippen molar-refractivity contribution in [2.24, 2.45) is 0 Å². The number of nitrogens with one attached hydrogen (secondary N) is 1. The maximum Gasteiger partial charge on any atom is 0.338 e. The minimum atomic E-state index is -0.478. The highest BCUT2D eigenvalue weighted by atomic mass is 16.5. The summed E-state index contributed by atoms with van der Waals surface area (Å²) in [6, 6.07) is 7.21. The molecular weight excluding hydrogens is 280 g/mol. The van der Waals surface area contributed by atoms with Crippen molar-refractivity contribution in [1.29, 1.82) is 0 Å². The van der Waals surface area contributed by atoms with E-state index in [1.165, 1.54) is 10.5 Å². The van der Waals surface area contributed by atoms with Gasteiger partial charge in [-0.15, -0.1) is 0 Å². The van der Waals surface area contributed by atoms with Crippen LogP contribution < -0.4 is 5.32 Å². The second-order valence-electron chi connectivity index (χ2n) is 5.26. The van der Waals surface area contributed by atoms with Gasteiger partial charge in [0.25, 0.3) is 0 Å². The van der Waals surface area contributed by atoms with Crippen LogP contribution in [0.2, 0.25) is 0 Å². The third-order valence-electron chi connectivity index (χ3n) is 3.97. The molecule has 0 saturated heterocycles. The van der Waals surface area contributed by atoms with Crippen molar-refractivity contribution in [1.82, 2.24) is 10.2 Å². The van der Waals surface area contributed by atoms with Crippen LogP contribution in [0, 0.1) is 0 Å². The van der Waals surface area contributed by atoms with Crippen LogP contribution in [0.1, 0.15) is 37.9 Å². The lowest BCUT2D eigenvalue weighted by Crippen LogP contribution is -2.46. The molecule has 0 spiro atoms. The van der Waals surface area contributed by atoms with Crippen LogP contribution in [0.3, 0.4) is 0 Å². The molecule has 2 amide bonds. The zero-order valence-electron chi connectivity index (χ0n) is 13.5. The van der Waals surface area contributed by atoms with Gasteiger partial charge < -0.3 is 15.0 Å². The Morgan fingerprint density at radius 2 is 1.91 bits per heavy atom. The normalized spacial score (nSPS) is 18.3. The minimum absolute atomic E-state index is 0.227. The minimum Gasteiger partial charge on any atom is -0.463 e. The molecular formula is C17H22N2O3. The fraction of sp³-hybridized carbons (Fsp3) is 0.412. The number of amides is 2. The summed E-state index contributed by atoms with van der Waals surface area (Å²) in [5.41, 5.74) is 3.18. The lowest BCUT2D eigenvalue weighted by atomic mass is 9.94. The highest BCUT2D eigenvalue weighted by Crippen LogP contribution is 2.30. The number of hydrogen-bond donors (Lipinski definition) is 1. The van der Waals surface area contributed by atoms with Gasteiger partial charge in [-0.2, -0.15) is 0 Å². The van der Waals surface area contributed by atoms with E-state index in [-0.39, 0.29) is 6.03 Å². The first-order valence-corrected chi connectivity index (χ1v) is 7.50. The molecule has 0 bridgehead atoms. The summed E-state index contributed by atoms with van der Waals surface area (Å²) >= 11 is 0. The number of rotatable bonds is 4. The van der Waals surface area contributed by atoms with Gasteiger partial charge in [0, 0.05) is 12.7 Å². The zero-order chi connectivity index (χ0) is 16.3. The average molecular weight is 302 g/mol. The van der Waals surface area contributed by atoms with E-state index in [0.29, 0.717) is 17.9 Å². The van der Waals surface area contributed by atoms with Crippen molar-refractivity contribution in [2.75, 3.05) is 13.7 Å². The fourth-order valence-electron chi connectivity index (χ4n) is 2.50. The van der Waals surface area contributed by atoms with E-state index >= 15 is 0 Å². The molecule has 118 valence electrons. The van der Waals surface area contributed by atoms with E-state index in [1.807, 2.05) is 24.3 Å². The Balaban J connectivity index is 2.45. The van der Waals surface area contributed by atoms with Crippen LogP contribution in [0.25, 0.3) is 0 Å². The van der Waals surface area contributed by atoms with Crippen LogP contribution in [0.5, 0.6) is 0 Å². The van der Waals surface area contributed by atoms with Crippen molar-refractivity contribution in [3.63, 3.8) is 0 Å². The van der Waals surface area contributed by atoms with Gasteiger partial charge in [0.05, 0.1) is 18.2 Å². The van der Waals surface area contributed by atoms with Gasteiger partial charge in [-0.3, -0.25) is 0 Å². The fourth-order valence-corrected chi connectivity index (χ4v) is 2.50. The Morgan fingerprint density at radius 1 is 1.27 bits per heavy atom. The van der Waals surface area contributed by atoms with Crippen molar-refractivity contribution < 1.29 is 14.3 Å². The molecule has 1 aromatic carbocycles. The summed E-state index contributed by atoms with van der Waals surface area (Å²) in [7, 11) is 1.64. The number of nitrogens with zero attached hydrogens (tertiary/aromatic N) is 1. The van der Waals surface area contributed by atoms with E-state index in [1.54, 1.807) is 20.9 Å². The van der Waals surface area contributed by atoms with Gasteiger partial charge in [-0.25, -0.2) is 9.59 Å². The number of aryl methyl sites for hydroxylation is 1. The number of allylic oxidation sites excluding steroid dienone is 1. The largest absolute Gasteiger partial charge is 0.463 e. The van der Waals surface area contributed by atoms with E-state index in [4.69, 9.17) is 4.74 Å². The summed E-state index contributed by atoms with van der Waals surface area (Å²) in [4.78, 5) is 25.8. The van der Waals surface area contributed by atoms with Crippen molar-refractivity contribution >= 4 is 12.0 Å². The van der Waals surface area contributed by atoms with Crippen LogP contribution in [0.15, 0.2) is 35.5 Å².